The summed E-state index contributed by atoms with van der Waals surface area (Å²) in [7, 11) is -1.80. The molecule has 0 unspecified atom stereocenters. The number of rotatable bonds is 10. The summed E-state index contributed by atoms with van der Waals surface area (Å²) in [4.78, 5) is 4.64. The first-order valence-corrected chi connectivity index (χ1v) is 11.7. The number of guanidine groups is 1. The van der Waals surface area contributed by atoms with Crippen LogP contribution in [0.15, 0.2) is 29.3 Å². The van der Waals surface area contributed by atoms with E-state index in [2.05, 4.69) is 27.3 Å². The SMILES string of the molecule is CCNC(=NCc1ccc(CS(=O)(=O)NC)cc1)NCCCC1CCCC1.I. The summed E-state index contributed by atoms with van der Waals surface area (Å²) in [6, 6.07) is 7.57. The molecule has 8 heteroatoms. The molecule has 0 bridgehead atoms. The first-order valence-electron chi connectivity index (χ1n) is 10.0. The monoisotopic (exact) mass is 522 g/mol. The van der Waals surface area contributed by atoms with Gasteiger partial charge in [0.1, 0.15) is 0 Å². The summed E-state index contributed by atoms with van der Waals surface area (Å²) in [6.07, 6.45) is 8.11. The van der Waals surface area contributed by atoms with E-state index in [1.54, 1.807) is 0 Å². The van der Waals surface area contributed by atoms with Gasteiger partial charge in [-0.2, -0.15) is 0 Å². The van der Waals surface area contributed by atoms with E-state index in [9.17, 15) is 8.42 Å². The minimum Gasteiger partial charge on any atom is -0.357 e. The van der Waals surface area contributed by atoms with Crippen molar-refractivity contribution >= 4 is 40.0 Å². The lowest BCUT2D eigenvalue weighted by atomic mass is 10.0. The van der Waals surface area contributed by atoms with Gasteiger partial charge in [0.25, 0.3) is 0 Å². The van der Waals surface area contributed by atoms with Crippen molar-refractivity contribution in [2.75, 3.05) is 20.1 Å². The number of halogens is 1. The van der Waals surface area contributed by atoms with Crippen molar-refractivity contribution in [2.45, 2.75) is 57.7 Å². The number of nitrogens with zero attached hydrogens (tertiary/aromatic N) is 1. The van der Waals surface area contributed by atoms with E-state index in [1.165, 1.54) is 45.6 Å². The molecule has 1 fully saturated rings. The van der Waals surface area contributed by atoms with E-state index in [-0.39, 0.29) is 29.7 Å². The van der Waals surface area contributed by atoms with Gasteiger partial charge in [0.15, 0.2) is 5.96 Å². The number of hydrogen-bond acceptors (Lipinski definition) is 3. The first-order chi connectivity index (χ1) is 13.0. The van der Waals surface area contributed by atoms with Crippen LogP contribution in [0.1, 0.15) is 56.6 Å². The van der Waals surface area contributed by atoms with Gasteiger partial charge in [-0.25, -0.2) is 18.1 Å². The van der Waals surface area contributed by atoms with Crippen molar-refractivity contribution in [3.63, 3.8) is 0 Å². The Kier molecular flexibility index (Phi) is 12.0. The van der Waals surface area contributed by atoms with Crippen LogP contribution in [0.3, 0.4) is 0 Å². The van der Waals surface area contributed by atoms with Crippen LogP contribution in [0.5, 0.6) is 0 Å². The summed E-state index contributed by atoms with van der Waals surface area (Å²) < 4.78 is 25.5. The molecule has 1 aromatic carbocycles. The van der Waals surface area contributed by atoms with Crippen molar-refractivity contribution in [1.82, 2.24) is 15.4 Å². The van der Waals surface area contributed by atoms with Crippen molar-refractivity contribution < 1.29 is 8.42 Å². The van der Waals surface area contributed by atoms with Crippen LogP contribution in [0, 0.1) is 5.92 Å². The molecule has 0 aromatic heterocycles. The third-order valence-corrected chi connectivity index (χ3v) is 6.35. The Labute approximate surface area is 187 Å². The van der Waals surface area contributed by atoms with Crippen molar-refractivity contribution in [3.8, 4) is 0 Å². The largest absolute Gasteiger partial charge is 0.357 e. The second-order valence-corrected chi connectivity index (χ2v) is 9.12. The zero-order valence-electron chi connectivity index (χ0n) is 17.0. The van der Waals surface area contributed by atoms with Crippen molar-refractivity contribution in [1.29, 1.82) is 0 Å². The average molecular weight is 522 g/mol. The van der Waals surface area contributed by atoms with Gasteiger partial charge in [0.2, 0.25) is 10.0 Å². The Balaban J connectivity index is 0.00000392. The van der Waals surface area contributed by atoms with Gasteiger partial charge in [-0.3, -0.25) is 0 Å². The predicted octanol–water partition coefficient (Wildman–Crippen LogP) is 3.38. The molecule has 1 aliphatic carbocycles. The number of nitrogens with one attached hydrogen (secondary N) is 3. The maximum atomic E-state index is 11.6. The fraction of sp³-hybridized carbons (Fsp3) is 0.650. The molecule has 0 saturated heterocycles. The van der Waals surface area contributed by atoms with Crippen LogP contribution in [0.4, 0.5) is 0 Å². The molecular weight excluding hydrogens is 487 g/mol. The molecule has 160 valence electrons. The van der Waals surface area contributed by atoms with Crippen LogP contribution in [0.2, 0.25) is 0 Å². The average Bonchev–Trinajstić information content (AvgIpc) is 3.17. The van der Waals surface area contributed by atoms with E-state index in [4.69, 9.17) is 0 Å². The molecule has 28 heavy (non-hydrogen) atoms. The standard InChI is InChI=1S/C20H34N4O2S.HI/c1-3-22-20(23-14-6-9-17-7-4-5-8-17)24-15-18-10-12-19(13-11-18)16-27(25,26)21-2;/h10-13,17,21H,3-9,14-16H2,1-2H3,(H2,22,23,24);1H. The maximum Gasteiger partial charge on any atom is 0.215 e. The smallest absolute Gasteiger partial charge is 0.215 e. The number of sulfonamides is 1. The molecule has 0 heterocycles. The lowest BCUT2D eigenvalue weighted by molar-refractivity contribution is 0.481. The summed E-state index contributed by atoms with van der Waals surface area (Å²) in [5.74, 6) is 1.76. The minimum atomic E-state index is -3.24. The normalized spacial score (nSPS) is 15.3. The van der Waals surface area contributed by atoms with Crippen molar-refractivity contribution in [3.05, 3.63) is 35.4 Å². The molecule has 0 aliphatic heterocycles. The summed E-state index contributed by atoms with van der Waals surface area (Å²) in [5.41, 5.74) is 1.83. The first kappa shape index (κ1) is 25.2. The summed E-state index contributed by atoms with van der Waals surface area (Å²) in [5, 5.41) is 6.70. The van der Waals surface area contributed by atoms with Crippen LogP contribution < -0.4 is 15.4 Å². The van der Waals surface area contributed by atoms with Crippen LogP contribution >= 0.6 is 24.0 Å². The Morgan fingerprint density at radius 1 is 1.11 bits per heavy atom. The second kappa shape index (κ2) is 13.4. The molecule has 1 aliphatic rings. The lowest BCUT2D eigenvalue weighted by Gasteiger charge is -2.13. The zero-order valence-corrected chi connectivity index (χ0v) is 20.2. The van der Waals surface area contributed by atoms with Gasteiger partial charge in [-0.15, -0.1) is 24.0 Å². The van der Waals surface area contributed by atoms with Gasteiger partial charge in [-0.05, 0) is 43.9 Å². The molecule has 1 saturated carbocycles. The molecule has 1 aromatic rings. The molecular formula is C20H35IN4O2S. The molecule has 0 spiro atoms. The molecule has 2 rings (SSSR count). The van der Waals surface area contributed by atoms with Crippen LogP contribution in [-0.4, -0.2) is 34.5 Å². The number of benzene rings is 1. The molecule has 6 nitrogen and oxygen atoms in total. The number of hydrogen-bond donors (Lipinski definition) is 3. The third kappa shape index (κ3) is 9.56. The van der Waals surface area contributed by atoms with E-state index >= 15 is 0 Å². The Morgan fingerprint density at radius 3 is 2.36 bits per heavy atom. The highest BCUT2D eigenvalue weighted by Gasteiger charge is 2.14. The maximum absolute atomic E-state index is 11.6. The Hall–Kier alpha value is -0.870. The van der Waals surface area contributed by atoms with Crippen LogP contribution in [-0.2, 0) is 22.3 Å². The Morgan fingerprint density at radius 2 is 1.75 bits per heavy atom. The molecule has 0 amide bonds. The topological polar surface area (TPSA) is 82.6 Å². The quantitative estimate of drug-likeness (QED) is 0.191. The number of aliphatic imine (C=N–C) groups is 1. The van der Waals surface area contributed by atoms with Gasteiger partial charge >= 0.3 is 0 Å². The highest BCUT2D eigenvalue weighted by molar-refractivity contribution is 14.0. The Bertz CT molecular complexity index is 687. The van der Waals surface area contributed by atoms with E-state index in [1.807, 2.05) is 24.3 Å². The van der Waals surface area contributed by atoms with Gasteiger partial charge < -0.3 is 10.6 Å². The second-order valence-electron chi connectivity index (χ2n) is 7.19. The lowest BCUT2D eigenvalue weighted by Crippen LogP contribution is -2.37. The zero-order chi connectivity index (χ0) is 19.5. The molecule has 0 radical (unpaired) electrons. The van der Waals surface area contributed by atoms with Gasteiger partial charge in [0.05, 0.1) is 12.3 Å². The van der Waals surface area contributed by atoms with Crippen LogP contribution in [0.25, 0.3) is 0 Å². The van der Waals surface area contributed by atoms with E-state index in [0.717, 1.165) is 36.1 Å². The van der Waals surface area contributed by atoms with Crippen molar-refractivity contribution in [2.24, 2.45) is 10.9 Å². The highest BCUT2D eigenvalue weighted by Crippen LogP contribution is 2.28. The molecule has 0 atom stereocenters. The third-order valence-electron chi connectivity index (χ3n) is 5.01. The van der Waals surface area contributed by atoms with Gasteiger partial charge in [0, 0.05) is 13.1 Å². The predicted molar refractivity (Wildman–Crippen MR) is 128 cm³/mol. The summed E-state index contributed by atoms with van der Waals surface area (Å²) in [6.45, 7) is 4.40. The highest BCUT2D eigenvalue weighted by atomic mass is 127. The van der Waals surface area contributed by atoms with Gasteiger partial charge in [-0.1, -0.05) is 49.9 Å². The molecule has 3 N–H and O–H groups in total. The minimum absolute atomic E-state index is 0. The fourth-order valence-corrected chi connectivity index (χ4v) is 4.22. The van der Waals surface area contributed by atoms with E-state index in [0.29, 0.717) is 6.54 Å². The summed E-state index contributed by atoms with van der Waals surface area (Å²) >= 11 is 0. The van der Waals surface area contributed by atoms with E-state index < -0.39 is 10.0 Å². The fourth-order valence-electron chi connectivity index (χ4n) is 3.44.